The molecule has 0 aliphatic rings. The van der Waals surface area contributed by atoms with Gasteiger partial charge in [-0.15, -0.1) is 0 Å². The third-order valence-electron chi connectivity index (χ3n) is 3.45. The number of hydrogen-bond acceptors (Lipinski definition) is 2. The van der Waals surface area contributed by atoms with E-state index in [2.05, 4.69) is 0 Å². The van der Waals surface area contributed by atoms with Crippen LogP contribution in [0.25, 0.3) is 0 Å². The van der Waals surface area contributed by atoms with Crippen LogP contribution in [0.1, 0.15) is 25.8 Å². The van der Waals surface area contributed by atoms with Crippen LogP contribution >= 0.6 is 0 Å². The number of methoxy groups -OCH3 is 1. The van der Waals surface area contributed by atoms with Gasteiger partial charge in [-0.3, -0.25) is 4.79 Å². The zero-order chi connectivity index (χ0) is 16.1. The predicted molar refractivity (Wildman–Crippen MR) is 74.8 cm³/mol. The molecule has 0 amide bonds. The number of ether oxygens (including phenoxy) is 1. The lowest BCUT2D eigenvalue weighted by atomic mass is 9.87. The first-order valence-corrected chi connectivity index (χ1v) is 6.69. The fraction of sp³-hybridized carbons (Fsp3) is 0.438. The largest absolute Gasteiger partial charge is 0.429 e. The summed E-state index contributed by atoms with van der Waals surface area (Å²) >= 11 is 0. The normalized spacial score (nSPS) is 16.7. The smallest absolute Gasteiger partial charge is 0.358 e. The van der Waals surface area contributed by atoms with E-state index in [1.54, 1.807) is 6.07 Å². The molecule has 21 heavy (non-hydrogen) atoms. The molecule has 1 rings (SSSR count). The van der Waals surface area contributed by atoms with Crippen molar-refractivity contribution < 1.29 is 22.7 Å². The average Bonchev–Trinajstić information content (AvgIpc) is 2.45. The van der Waals surface area contributed by atoms with Crippen molar-refractivity contribution in [2.75, 3.05) is 7.11 Å². The molecule has 0 bridgehead atoms. The maximum Gasteiger partial charge on any atom is 0.429 e. The second-order valence-electron chi connectivity index (χ2n) is 4.86. The second-order valence-corrected chi connectivity index (χ2v) is 4.86. The first kappa shape index (κ1) is 17.4. The Balaban J connectivity index is 3.33. The first-order valence-electron chi connectivity index (χ1n) is 6.69. The number of rotatable bonds is 6. The first-order chi connectivity index (χ1) is 9.79. The highest BCUT2D eigenvalue weighted by molar-refractivity contribution is 5.98. The average molecular weight is 300 g/mol. The fourth-order valence-corrected chi connectivity index (χ4v) is 1.96. The number of carbonyl (C=O) groups is 1. The summed E-state index contributed by atoms with van der Waals surface area (Å²) in [4.78, 5) is 12.2. The van der Waals surface area contributed by atoms with Crippen molar-refractivity contribution in [3.8, 4) is 0 Å². The standard InChI is InChI=1S/C16H19F3O2/c1-4-12(2)10-11-14(20)15(21-3,16(17,18)19)13-8-6-5-7-9-13/h5-12H,4H2,1-3H3/b11-10+/t12-,15?/m0/s1. The molecule has 1 aromatic rings. The Morgan fingerprint density at radius 1 is 1.29 bits per heavy atom. The third kappa shape index (κ3) is 3.53. The van der Waals surface area contributed by atoms with Crippen LogP contribution in [0.3, 0.4) is 0 Å². The number of benzene rings is 1. The van der Waals surface area contributed by atoms with Crippen LogP contribution in [-0.2, 0) is 15.1 Å². The summed E-state index contributed by atoms with van der Waals surface area (Å²) in [6.07, 6.45) is -1.66. The van der Waals surface area contributed by atoms with Crippen molar-refractivity contribution in [2.45, 2.75) is 32.0 Å². The highest BCUT2D eigenvalue weighted by Gasteiger charge is 2.61. The molecule has 0 aliphatic carbocycles. The summed E-state index contributed by atoms with van der Waals surface area (Å²) in [5.41, 5.74) is -3.18. The molecule has 0 aromatic heterocycles. The molecule has 2 atom stereocenters. The van der Waals surface area contributed by atoms with Gasteiger partial charge in [-0.1, -0.05) is 56.7 Å². The molecule has 0 saturated carbocycles. The Morgan fingerprint density at radius 2 is 1.86 bits per heavy atom. The van der Waals surface area contributed by atoms with E-state index >= 15 is 0 Å². The number of ketones is 1. The maximum absolute atomic E-state index is 13.5. The highest BCUT2D eigenvalue weighted by Crippen LogP contribution is 2.43. The summed E-state index contributed by atoms with van der Waals surface area (Å²) in [5, 5.41) is 0. The van der Waals surface area contributed by atoms with Gasteiger partial charge in [-0.25, -0.2) is 0 Å². The molecule has 0 fully saturated rings. The van der Waals surface area contributed by atoms with E-state index in [1.807, 2.05) is 13.8 Å². The van der Waals surface area contributed by atoms with Gasteiger partial charge in [0.05, 0.1) is 0 Å². The number of halogens is 3. The lowest BCUT2D eigenvalue weighted by Gasteiger charge is -2.32. The molecule has 2 nitrogen and oxygen atoms in total. The molecular formula is C16H19F3O2. The van der Waals surface area contributed by atoms with Crippen molar-refractivity contribution in [1.29, 1.82) is 0 Å². The molecule has 1 unspecified atom stereocenters. The van der Waals surface area contributed by atoms with Crippen molar-refractivity contribution in [3.63, 3.8) is 0 Å². The monoisotopic (exact) mass is 300 g/mol. The maximum atomic E-state index is 13.5. The summed E-state index contributed by atoms with van der Waals surface area (Å²) in [5.74, 6) is -1.10. The molecular weight excluding hydrogens is 281 g/mol. The van der Waals surface area contributed by atoms with E-state index in [4.69, 9.17) is 4.74 Å². The van der Waals surface area contributed by atoms with E-state index in [-0.39, 0.29) is 11.5 Å². The lowest BCUT2D eigenvalue weighted by Crippen LogP contribution is -2.50. The van der Waals surface area contributed by atoms with Gasteiger partial charge in [0.15, 0.2) is 0 Å². The van der Waals surface area contributed by atoms with Crippen molar-refractivity contribution >= 4 is 5.78 Å². The van der Waals surface area contributed by atoms with E-state index in [9.17, 15) is 18.0 Å². The van der Waals surface area contributed by atoms with Crippen molar-refractivity contribution in [2.24, 2.45) is 5.92 Å². The van der Waals surface area contributed by atoms with Crippen molar-refractivity contribution in [3.05, 3.63) is 48.0 Å². The topological polar surface area (TPSA) is 26.3 Å². The van der Waals surface area contributed by atoms with E-state index in [1.165, 1.54) is 30.3 Å². The SMILES string of the molecule is CC[C@H](C)/C=C/C(=O)C(OC)(c1ccccc1)C(F)(F)F. The minimum Gasteiger partial charge on any atom is -0.358 e. The van der Waals surface area contributed by atoms with Gasteiger partial charge in [0, 0.05) is 12.7 Å². The Bertz CT molecular complexity index is 494. The zero-order valence-corrected chi connectivity index (χ0v) is 12.3. The van der Waals surface area contributed by atoms with Gasteiger partial charge in [-0.2, -0.15) is 13.2 Å². The third-order valence-corrected chi connectivity index (χ3v) is 3.45. The summed E-state index contributed by atoms with van der Waals surface area (Å²) in [7, 11) is 0.898. The fourth-order valence-electron chi connectivity index (χ4n) is 1.96. The molecule has 116 valence electrons. The van der Waals surface area contributed by atoms with Crippen LogP contribution in [0.5, 0.6) is 0 Å². The predicted octanol–water partition coefficient (Wildman–Crippen LogP) is 4.26. The van der Waals surface area contributed by atoms with Gasteiger partial charge in [-0.05, 0) is 12.0 Å². The molecule has 0 N–H and O–H groups in total. The van der Waals surface area contributed by atoms with Gasteiger partial charge >= 0.3 is 6.18 Å². The summed E-state index contributed by atoms with van der Waals surface area (Å²) in [6.45, 7) is 3.72. The summed E-state index contributed by atoms with van der Waals surface area (Å²) < 4.78 is 45.3. The number of hydrogen-bond donors (Lipinski definition) is 0. The van der Waals surface area contributed by atoms with E-state index in [0.29, 0.717) is 0 Å². The minimum absolute atomic E-state index is 0.0208. The Labute approximate surface area is 122 Å². The summed E-state index contributed by atoms with van der Waals surface area (Å²) in [6, 6.07) is 6.96. The van der Waals surface area contributed by atoms with Crippen LogP contribution < -0.4 is 0 Å². The molecule has 0 saturated heterocycles. The van der Waals surface area contributed by atoms with Crippen LogP contribution in [0, 0.1) is 5.92 Å². The molecule has 0 spiro atoms. The van der Waals surface area contributed by atoms with Gasteiger partial charge in [0.2, 0.25) is 5.78 Å². The Hall–Kier alpha value is -1.62. The van der Waals surface area contributed by atoms with Gasteiger partial charge in [0.25, 0.3) is 5.60 Å². The Kier molecular flexibility index (Phi) is 5.72. The zero-order valence-electron chi connectivity index (χ0n) is 12.3. The van der Waals surface area contributed by atoms with Crippen LogP contribution in [0.4, 0.5) is 13.2 Å². The lowest BCUT2D eigenvalue weighted by molar-refractivity contribution is -0.262. The second kappa shape index (κ2) is 6.89. The van der Waals surface area contributed by atoms with E-state index in [0.717, 1.165) is 19.6 Å². The van der Waals surface area contributed by atoms with Gasteiger partial charge < -0.3 is 4.74 Å². The van der Waals surface area contributed by atoms with E-state index < -0.39 is 17.6 Å². The highest BCUT2D eigenvalue weighted by atomic mass is 19.4. The Morgan fingerprint density at radius 3 is 2.29 bits per heavy atom. The molecule has 5 heteroatoms. The number of alkyl halides is 3. The molecule has 0 aliphatic heterocycles. The van der Waals surface area contributed by atoms with Gasteiger partial charge in [0.1, 0.15) is 0 Å². The molecule has 1 aromatic carbocycles. The number of carbonyl (C=O) groups excluding carboxylic acids is 1. The minimum atomic E-state index is -4.85. The van der Waals surface area contributed by atoms with Crippen LogP contribution in [-0.4, -0.2) is 19.1 Å². The number of allylic oxidation sites excluding steroid dienone is 1. The molecule has 0 heterocycles. The quantitative estimate of drug-likeness (QED) is 0.734. The van der Waals surface area contributed by atoms with Crippen molar-refractivity contribution in [1.82, 2.24) is 0 Å². The molecule has 0 radical (unpaired) electrons. The van der Waals surface area contributed by atoms with Crippen LogP contribution in [0.2, 0.25) is 0 Å². The van der Waals surface area contributed by atoms with Crippen LogP contribution in [0.15, 0.2) is 42.5 Å².